The summed E-state index contributed by atoms with van der Waals surface area (Å²) in [5, 5.41) is 9.89. The molecule has 0 saturated carbocycles. The molecule has 3 heterocycles. The van der Waals surface area contributed by atoms with E-state index in [1.165, 1.54) is 35.8 Å². The Morgan fingerprint density at radius 3 is 2.75 bits per heavy atom. The van der Waals surface area contributed by atoms with E-state index in [-0.39, 0.29) is 5.03 Å². The van der Waals surface area contributed by atoms with Crippen molar-refractivity contribution in [2.75, 3.05) is 4.72 Å². The molecule has 0 atom stereocenters. The molecule has 0 unspecified atom stereocenters. The Hall–Kier alpha value is -2.75. The van der Waals surface area contributed by atoms with Gasteiger partial charge < -0.3 is 0 Å². The van der Waals surface area contributed by atoms with Gasteiger partial charge in [0, 0.05) is 0 Å². The van der Waals surface area contributed by atoms with Crippen LogP contribution in [0.5, 0.6) is 0 Å². The summed E-state index contributed by atoms with van der Waals surface area (Å²) in [4.78, 5) is 7.90. The summed E-state index contributed by atoms with van der Waals surface area (Å²) in [7, 11) is -3.68. The van der Waals surface area contributed by atoms with Gasteiger partial charge in [0.1, 0.15) is 12.7 Å². The van der Waals surface area contributed by atoms with E-state index >= 15 is 0 Å². The number of nitrogens with zero attached hydrogens (tertiary/aromatic N) is 5. The van der Waals surface area contributed by atoms with Gasteiger partial charge >= 0.3 is 0 Å². The summed E-state index contributed by atoms with van der Waals surface area (Å²) in [5.74, 6) is 0.534. The lowest BCUT2D eigenvalue weighted by atomic mass is 10.4. The fourth-order valence-corrected chi connectivity index (χ4v) is 2.47. The summed E-state index contributed by atoms with van der Waals surface area (Å²) in [5.41, 5.74) is 0.337. The number of pyridine rings is 1. The number of anilines is 1. The minimum absolute atomic E-state index is 0.0159. The summed E-state index contributed by atoms with van der Waals surface area (Å²) in [6.07, 6.45) is 5.64. The van der Waals surface area contributed by atoms with Crippen LogP contribution in [0, 0.1) is 0 Å². The number of aromatic nitrogens is 6. The number of H-pyrrole nitrogens is 1. The molecule has 0 saturated heterocycles. The van der Waals surface area contributed by atoms with Crippen molar-refractivity contribution in [1.29, 1.82) is 0 Å². The van der Waals surface area contributed by atoms with Crippen LogP contribution in [-0.4, -0.2) is 38.4 Å². The van der Waals surface area contributed by atoms with Gasteiger partial charge in [-0.1, -0.05) is 0 Å². The Bertz CT molecular complexity index is 779. The third-order valence-electron chi connectivity index (χ3n) is 2.42. The molecule has 0 aliphatic carbocycles. The van der Waals surface area contributed by atoms with Gasteiger partial charge in [-0.05, 0) is 18.2 Å². The van der Waals surface area contributed by atoms with Crippen molar-refractivity contribution in [3.05, 3.63) is 43.2 Å². The molecule has 0 fully saturated rings. The lowest BCUT2D eigenvalue weighted by Gasteiger charge is -2.06. The molecule has 3 aromatic heterocycles. The van der Waals surface area contributed by atoms with Crippen molar-refractivity contribution < 1.29 is 8.42 Å². The second-order valence-corrected chi connectivity index (χ2v) is 5.42. The zero-order valence-electron chi connectivity index (χ0n) is 10.0. The number of sulfonamides is 1. The number of aromatic amines is 1. The van der Waals surface area contributed by atoms with Gasteiger partial charge in [-0.3, -0.25) is 9.82 Å². The Labute approximate surface area is 113 Å². The molecule has 9 nitrogen and oxygen atoms in total. The molecule has 0 amide bonds. The molecule has 0 radical (unpaired) electrons. The quantitative estimate of drug-likeness (QED) is 0.708. The highest BCUT2D eigenvalue weighted by atomic mass is 32.2. The predicted molar refractivity (Wildman–Crippen MR) is 68.6 cm³/mol. The van der Waals surface area contributed by atoms with Gasteiger partial charge in [-0.2, -0.15) is 18.6 Å². The van der Waals surface area contributed by atoms with Crippen molar-refractivity contribution in [1.82, 2.24) is 29.9 Å². The fourth-order valence-electron chi connectivity index (χ4n) is 1.51. The molecule has 0 aliphatic heterocycles. The molecule has 0 aliphatic rings. The third kappa shape index (κ3) is 2.36. The Morgan fingerprint density at radius 1 is 1.25 bits per heavy atom. The second-order valence-electron chi connectivity index (χ2n) is 3.77. The topological polar surface area (TPSA) is 118 Å². The zero-order valence-corrected chi connectivity index (χ0v) is 10.8. The average molecular weight is 291 g/mol. The van der Waals surface area contributed by atoms with E-state index in [1.807, 2.05) is 0 Å². The Morgan fingerprint density at radius 2 is 2.15 bits per heavy atom. The molecule has 0 aromatic carbocycles. The molecule has 102 valence electrons. The van der Waals surface area contributed by atoms with E-state index in [2.05, 4.69) is 30.0 Å². The van der Waals surface area contributed by atoms with Crippen LogP contribution in [0.25, 0.3) is 5.82 Å². The van der Waals surface area contributed by atoms with Gasteiger partial charge in [-0.25, -0.2) is 14.6 Å². The van der Waals surface area contributed by atoms with E-state index in [0.717, 1.165) is 0 Å². The standard InChI is InChI=1S/C10H9N7O2S/c18-20(19,10-3-4-13-15-10)16-8-1-2-9(12-5-8)17-7-11-6-14-17/h1-7,16H,(H,13,15). The molecular formula is C10H9N7O2S. The van der Waals surface area contributed by atoms with E-state index < -0.39 is 10.0 Å². The van der Waals surface area contributed by atoms with Crippen LogP contribution in [0.15, 0.2) is 48.3 Å². The maximum atomic E-state index is 11.9. The number of hydrogen-bond donors (Lipinski definition) is 2. The maximum Gasteiger partial charge on any atom is 0.278 e. The highest BCUT2D eigenvalue weighted by molar-refractivity contribution is 7.92. The summed E-state index contributed by atoms with van der Waals surface area (Å²) < 4.78 is 27.7. The molecule has 0 bridgehead atoms. The SMILES string of the molecule is O=S(=O)(Nc1ccc(-n2cncn2)nc1)c1ccn[nH]1. The summed E-state index contributed by atoms with van der Waals surface area (Å²) >= 11 is 0. The fraction of sp³-hybridized carbons (Fsp3) is 0. The van der Waals surface area contributed by atoms with Crippen molar-refractivity contribution in [2.24, 2.45) is 0 Å². The normalized spacial score (nSPS) is 11.4. The van der Waals surface area contributed by atoms with Crippen LogP contribution in [-0.2, 0) is 10.0 Å². The minimum atomic E-state index is -3.68. The van der Waals surface area contributed by atoms with Gasteiger partial charge in [0.15, 0.2) is 10.8 Å². The van der Waals surface area contributed by atoms with Gasteiger partial charge in [0.25, 0.3) is 10.0 Å². The van der Waals surface area contributed by atoms with Crippen LogP contribution >= 0.6 is 0 Å². The highest BCUT2D eigenvalue weighted by Gasteiger charge is 2.15. The largest absolute Gasteiger partial charge is 0.278 e. The predicted octanol–water partition coefficient (Wildman–Crippen LogP) is 0.186. The van der Waals surface area contributed by atoms with E-state index in [4.69, 9.17) is 0 Å². The Balaban J connectivity index is 1.83. The molecule has 3 aromatic rings. The van der Waals surface area contributed by atoms with Gasteiger partial charge in [0.05, 0.1) is 18.1 Å². The Kier molecular flexibility index (Phi) is 2.91. The van der Waals surface area contributed by atoms with Gasteiger partial charge in [0.2, 0.25) is 0 Å². The lowest BCUT2D eigenvalue weighted by molar-refractivity contribution is 0.597. The lowest BCUT2D eigenvalue weighted by Crippen LogP contribution is -2.13. The first-order valence-corrected chi connectivity index (χ1v) is 6.97. The highest BCUT2D eigenvalue weighted by Crippen LogP contribution is 2.14. The molecule has 10 heteroatoms. The van der Waals surface area contributed by atoms with E-state index in [0.29, 0.717) is 11.5 Å². The monoisotopic (exact) mass is 291 g/mol. The van der Waals surface area contributed by atoms with Crippen LogP contribution in [0.1, 0.15) is 0 Å². The summed E-state index contributed by atoms with van der Waals surface area (Å²) in [6, 6.07) is 4.57. The third-order valence-corrected chi connectivity index (χ3v) is 3.73. The van der Waals surface area contributed by atoms with Crippen molar-refractivity contribution in [3.63, 3.8) is 0 Å². The molecule has 2 N–H and O–H groups in total. The van der Waals surface area contributed by atoms with E-state index in [1.54, 1.807) is 12.1 Å². The van der Waals surface area contributed by atoms with Crippen LogP contribution in [0.4, 0.5) is 5.69 Å². The first-order chi connectivity index (χ1) is 9.65. The van der Waals surface area contributed by atoms with Crippen LogP contribution in [0.3, 0.4) is 0 Å². The van der Waals surface area contributed by atoms with Crippen LogP contribution in [0.2, 0.25) is 0 Å². The van der Waals surface area contributed by atoms with Crippen LogP contribution < -0.4 is 4.72 Å². The molecule has 3 rings (SSSR count). The first kappa shape index (κ1) is 12.3. The molecule has 0 spiro atoms. The molecular weight excluding hydrogens is 282 g/mol. The molecule has 20 heavy (non-hydrogen) atoms. The second kappa shape index (κ2) is 4.74. The van der Waals surface area contributed by atoms with Gasteiger partial charge in [-0.15, -0.1) is 0 Å². The number of rotatable bonds is 4. The van der Waals surface area contributed by atoms with E-state index in [9.17, 15) is 8.42 Å². The zero-order chi connectivity index (χ0) is 14.0. The average Bonchev–Trinajstić information content (AvgIpc) is 3.13. The maximum absolute atomic E-state index is 11.9. The number of hydrogen-bond acceptors (Lipinski definition) is 6. The number of nitrogens with one attached hydrogen (secondary N) is 2. The minimum Gasteiger partial charge on any atom is -0.277 e. The van der Waals surface area contributed by atoms with Crippen molar-refractivity contribution in [2.45, 2.75) is 5.03 Å². The van der Waals surface area contributed by atoms with Crippen molar-refractivity contribution in [3.8, 4) is 5.82 Å². The first-order valence-electron chi connectivity index (χ1n) is 5.48. The smallest absolute Gasteiger partial charge is 0.277 e. The summed E-state index contributed by atoms with van der Waals surface area (Å²) in [6.45, 7) is 0. The van der Waals surface area contributed by atoms with Crippen molar-refractivity contribution >= 4 is 15.7 Å².